The standard InChI is InChI=1S/C9H12O3S/c1-6(9(10)11)12-7(2)13-5-8-3-4-8/h8H,1-5H2,(H,10,11). The van der Waals surface area contributed by atoms with Gasteiger partial charge in [0.05, 0.1) is 0 Å². The molecule has 3 nitrogen and oxygen atoms in total. The van der Waals surface area contributed by atoms with E-state index in [9.17, 15) is 4.79 Å². The predicted octanol–water partition coefficient (Wildman–Crippen LogP) is 2.22. The van der Waals surface area contributed by atoms with Gasteiger partial charge in [-0.25, -0.2) is 4.79 Å². The van der Waals surface area contributed by atoms with E-state index in [1.807, 2.05) is 0 Å². The molecule has 0 saturated heterocycles. The molecular formula is C9H12O3S. The molecule has 1 aliphatic rings. The lowest BCUT2D eigenvalue weighted by Crippen LogP contribution is -2.02. The maximum Gasteiger partial charge on any atom is 0.371 e. The van der Waals surface area contributed by atoms with Crippen LogP contribution in [-0.4, -0.2) is 16.8 Å². The fourth-order valence-corrected chi connectivity index (χ4v) is 1.62. The van der Waals surface area contributed by atoms with Crippen LogP contribution in [0.15, 0.2) is 24.0 Å². The molecule has 1 fully saturated rings. The Kier molecular flexibility index (Phi) is 3.42. The molecule has 1 saturated carbocycles. The maximum absolute atomic E-state index is 10.3. The van der Waals surface area contributed by atoms with Crippen molar-refractivity contribution < 1.29 is 14.6 Å². The highest BCUT2D eigenvalue weighted by atomic mass is 32.2. The molecule has 1 rings (SSSR count). The second-order valence-corrected chi connectivity index (χ2v) is 4.03. The Labute approximate surface area is 81.5 Å². The Balaban J connectivity index is 2.15. The highest BCUT2D eigenvalue weighted by molar-refractivity contribution is 8.02. The normalized spacial score (nSPS) is 15.1. The molecule has 0 aromatic carbocycles. The van der Waals surface area contributed by atoms with Gasteiger partial charge in [0.15, 0.2) is 5.09 Å². The maximum atomic E-state index is 10.3. The number of carbonyl (C=O) groups is 1. The number of thioether (sulfide) groups is 1. The Morgan fingerprint density at radius 1 is 1.54 bits per heavy atom. The zero-order chi connectivity index (χ0) is 9.84. The highest BCUT2D eigenvalue weighted by Crippen LogP contribution is 2.34. The number of ether oxygens (including phenoxy) is 1. The third-order valence-electron chi connectivity index (χ3n) is 1.65. The van der Waals surface area contributed by atoms with Crippen molar-refractivity contribution in [1.82, 2.24) is 0 Å². The van der Waals surface area contributed by atoms with Crippen molar-refractivity contribution >= 4 is 17.7 Å². The van der Waals surface area contributed by atoms with Gasteiger partial charge in [-0.15, -0.1) is 0 Å². The van der Waals surface area contributed by atoms with Crippen LogP contribution in [0.5, 0.6) is 0 Å². The second-order valence-electron chi connectivity index (χ2n) is 2.96. The van der Waals surface area contributed by atoms with Crippen LogP contribution in [0.1, 0.15) is 12.8 Å². The molecule has 72 valence electrons. The Bertz CT molecular complexity index is 243. The number of carboxylic acid groups (broad SMARTS) is 1. The fourth-order valence-electron chi connectivity index (χ4n) is 0.706. The fraction of sp³-hybridized carbons (Fsp3) is 0.444. The summed E-state index contributed by atoms with van der Waals surface area (Å²) in [5.41, 5.74) is 0. The van der Waals surface area contributed by atoms with Crippen LogP contribution in [0.4, 0.5) is 0 Å². The van der Waals surface area contributed by atoms with Crippen molar-refractivity contribution in [3.05, 3.63) is 24.0 Å². The van der Waals surface area contributed by atoms with Crippen LogP contribution in [0.2, 0.25) is 0 Å². The van der Waals surface area contributed by atoms with Gasteiger partial charge in [-0.05, 0) is 31.9 Å². The minimum Gasteiger partial charge on any atom is -0.475 e. The first-order valence-corrected chi connectivity index (χ1v) is 5.00. The minimum absolute atomic E-state index is 0.270. The summed E-state index contributed by atoms with van der Waals surface area (Å²) >= 11 is 1.45. The third kappa shape index (κ3) is 4.03. The molecule has 1 aliphatic carbocycles. The zero-order valence-electron chi connectivity index (χ0n) is 7.28. The van der Waals surface area contributed by atoms with Crippen LogP contribution >= 0.6 is 11.8 Å². The smallest absolute Gasteiger partial charge is 0.371 e. The number of hydrogen-bond acceptors (Lipinski definition) is 3. The molecule has 13 heavy (non-hydrogen) atoms. The van der Waals surface area contributed by atoms with Crippen molar-refractivity contribution in [2.75, 3.05) is 5.75 Å². The average Bonchev–Trinajstić information content (AvgIpc) is 2.83. The van der Waals surface area contributed by atoms with Gasteiger partial charge < -0.3 is 9.84 Å². The summed E-state index contributed by atoms with van der Waals surface area (Å²) in [6.07, 6.45) is 2.53. The van der Waals surface area contributed by atoms with E-state index in [4.69, 9.17) is 9.84 Å². The van der Waals surface area contributed by atoms with E-state index >= 15 is 0 Å². The van der Waals surface area contributed by atoms with Gasteiger partial charge in [-0.3, -0.25) is 0 Å². The first kappa shape index (κ1) is 10.2. The molecule has 4 heteroatoms. The van der Waals surface area contributed by atoms with Crippen molar-refractivity contribution in [2.45, 2.75) is 12.8 Å². The van der Waals surface area contributed by atoms with Crippen LogP contribution in [0.25, 0.3) is 0 Å². The van der Waals surface area contributed by atoms with Gasteiger partial charge in [-0.1, -0.05) is 11.8 Å². The van der Waals surface area contributed by atoms with Crippen molar-refractivity contribution in [3.63, 3.8) is 0 Å². The number of carboxylic acids is 1. The van der Waals surface area contributed by atoms with E-state index in [0.29, 0.717) is 5.09 Å². The molecule has 0 atom stereocenters. The lowest BCUT2D eigenvalue weighted by molar-refractivity contribution is -0.135. The summed E-state index contributed by atoms with van der Waals surface area (Å²) in [7, 11) is 0. The Hall–Kier alpha value is -0.900. The molecule has 0 aromatic heterocycles. The van der Waals surface area contributed by atoms with Crippen molar-refractivity contribution in [1.29, 1.82) is 0 Å². The van der Waals surface area contributed by atoms with E-state index in [-0.39, 0.29) is 5.76 Å². The highest BCUT2D eigenvalue weighted by Gasteiger charge is 2.21. The average molecular weight is 200 g/mol. The molecule has 0 bridgehead atoms. The number of rotatable bonds is 6. The molecule has 0 amide bonds. The molecule has 0 aliphatic heterocycles. The van der Waals surface area contributed by atoms with E-state index in [1.54, 1.807) is 0 Å². The first-order valence-electron chi connectivity index (χ1n) is 4.01. The van der Waals surface area contributed by atoms with Gasteiger partial charge in [-0.2, -0.15) is 0 Å². The predicted molar refractivity (Wildman–Crippen MR) is 52.2 cm³/mol. The summed E-state index contributed by atoms with van der Waals surface area (Å²) in [4.78, 5) is 10.3. The second kappa shape index (κ2) is 4.37. The monoisotopic (exact) mass is 200 g/mol. The van der Waals surface area contributed by atoms with E-state index in [2.05, 4.69) is 13.2 Å². The molecule has 0 heterocycles. The van der Waals surface area contributed by atoms with Gasteiger partial charge in [0.25, 0.3) is 0 Å². The summed E-state index contributed by atoms with van der Waals surface area (Å²) < 4.78 is 4.86. The van der Waals surface area contributed by atoms with Gasteiger partial charge in [0.2, 0.25) is 5.76 Å². The molecule has 0 radical (unpaired) electrons. The summed E-state index contributed by atoms with van der Waals surface area (Å²) in [6, 6.07) is 0. The van der Waals surface area contributed by atoms with Crippen LogP contribution in [-0.2, 0) is 9.53 Å². The van der Waals surface area contributed by atoms with Crippen LogP contribution < -0.4 is 0 Å². The van der Waals surface area contributed by atoms with Crippen molar-refractivity contribution in [3.8, 4) is 0 Å². The minimum atomic E-state index is -1.15. The van der Waals surface area contributed by atoms with Gasteiger partial charge in [0, 0.05) is 5.75 Å². The summed E-state index contributed by atoms with van der Waals surface area (Å²) in [5.74, 6) is 0.316. The summed E-state index contributed by atoms with van der Waals surface area (Å²) in [6.45, 7) is 6.83. The van der Waals surface area contributed by atoms with E-state index in [0.717, 1.165) is 11.7 Å². The van der Waals surface area contributed by atoms with Gasteiger partial charge >= 0.3 is 5.97 Å². The quantitative estimate of drug-likeness (QED) is 0.527. The molecular weight excluding hydrogens is 188 g/mol. The molecule has 1 N–H and O–H groups in total. The first-order chi connectivity index (χ1) is 6.09. The van der Waals surface area contributed by atoms with Crippen LogP contribution in [0.3, 0.4) is 0 Å². The van der Waals surface area contributed by atoms with Crippen LogP contribution in [0, 0.1) is 5.92 Å². The lowest BCUT2D eigenvalue weighted by atomic mass is 10.5. The molecule has 0 unspecified atom stereocenters. The Morgan fingerprint density at radius 3 is 2.62 bits per heavy atom. The van der Waals surface area contributed by atoms with E-state index < -0.39 is 5.97 Å². The zero-order valence-corrected chi connectivity index (χ0v) is 8.10. The SMILES string of the molecule is C=C(OC(=C)C(=O)O)SCC1CC1. The lowest BCUT2D eigenvalue weighted by Gasteiger charge is -2.06. The number of aliphatic carboxylic acids is 1. The molecule has 0 aromatic rings. The topological polar surface area (TPSA) is 46.5 Å². The Morgan fingerprint density at radius 2 is 2.15 bits per heavy atom. The largest absolute Gasteiger partial charge is 0.475 e. The van der Waals surface area contributed by atoms with Gasteiger partial charge in [0.1, 0.15) is 0 Å². The van der Waals surface area contributed by atoms with Crippen molar-refractivity contribution in [2.24, 2.45) is 5.92 Å². The summed E-state index contributed by atoms with van der Waals surface area (Å²) in [5, 5.41) is 8.86. The third-order valence-corrected chi connectivity index (χ3v) is 2.70. The van der Waals surface area contributed by atoms with E-state index in [1.165, 1.54) is 24.6 Å². The number of hydrogen-bond donors (Lipinski definition) is 1. The molecule has 0 spiro atoms.